The van der Waals surface area contributed by atoms with E-state index in [-0.39, 0.29) is 11.8 Å². The number of unbranched alkanes of at least 4 members (excludes halogenated alkanes) is 1. The summed E-state index contributed by atoms with van der Waals surface area (Å²) < 4.78 is 27.1. The number of aromatic nitrogens is 2. The Labute approximate surface area is 198 Å². The molecule has 10 heteroatoms. The predicted molar refractivity (Wildman–Crippen MR) is 128 cm³/mol. The molecule has 0 aliphatic heterocycles. The Morgan fingerprint density at radius 1 is 1.24 bits per heavy atom. The molecule has 1 aliphatic carbocycles. The van der Waals surface area contributed by atoms with Crippen LogP contribution in [0.1, 0.15) is 77.3 Å². The maximum absolute atomic E-state index is 13.1. The highest BCUT2D eigenvalue weighted by molar-refractivity contribution is 7.89. The zero-order valence-electron chi connectivity index (χ0n) is 20.0. The lowest BCUT2D eigenvalue weighted by Crippen LogP contribution is -2.53. The second-order valence-electron chi connectivity index (χ2n) is 9.33. The number of nitrogens with zero attached hydrogens (tertiary/aromatic N) is 1. The van der Waals surface area contributed by atoms with Crippen LogP contribution in [0, 0.1) is 11.8 Å². The fraction of sp³-hybridized carbons (Fsp3) is 0.826. The molecule has 1 amide bonds. The number of nitrogens with one attached hydrogen (secondary N) is 3. The van der Waals surface area contributed by atoms with E-state index in [1.54, 1.807) is 12.5 Å². The lowest BCUT2D eigenvalue weighted by atomic mass is 9.83. The highest BCUT2D eigenvalue weighted by Gasteiger charge is 2.34. The number of amides is 1. The molecule has 1 aliphatic rings. The Hall–Kier alpha value is -1.49. The third-order valence-electron chi connectivity index (χ3n) is 6.57. The van der Waals surface area contributed by atoms with Crippen LogP contribution in [-0.2, 0) is 21.2 Å². The molecule has 0 bridgehead atoms. The van der Waals surface area contributed by atoms with Crippen LogP contribution >= 0.6 is 0 Å². The van der Waals surface area contributed by atoms with Gasteiger partial charge in [-0.15, -0.1) is 0 Å². The second kappa shape index (κ2) is 14.0. The van der Waals surface area contributed by atoms with Crippen LogP contribution in [0.25, 0.3) is 0 Å². The first-order valence-electron chi connectivity index (χ1n) is 12.4. The number of aliphatic hydroxyl groups is 2. The fourth-order valence-electron chi connectivity index (χ4n) is 4.51. The molecule has 1 aromatic rings. The highest BCUT2D eigenvalue weighted by atomic mass is 32.2. The molecule has 190 valence electrons. The zero-order chi connectivity index (χ0) is 24.3. The van der Waals surface area contributed by atoms with E-state index in [2.05, 4.69) is 20.0 Å². The topological polar surface area (TPSA) is 144 Å². The van der Waals surface area contributed by atoms with Crippen LogP contribution < -0.4 is 10.0 Å². The van der Waals surface area contributed by atoms with Crippen molar-refractivity contribution in [3.8, 4) is 0 Å². The summed E-state index contributed by atoms with van der Waals surface area (Å²) in [6.07, 6.45) is 8.98. The van der Waals surface area contributed by atoms with Crippen LogP contribution in [0.5, 0.6) is 0 Å². The molecule has 0 radical (unpaired) electrons. The van der Waals surface area contributed by atoms with Gasteiger partial charge in [0.1, 0.15) is 6.10 Å². The van der Waals surface area contributed by atoms with Gasteiger partial charge in [-0.3, -0.25) is 4.79 Å². The lowest BCUT2D eigenvalue weighted by Gasteiger charge is -2.33. The summed E-state index contributed by atoms with van der Waals surface area (Å²) in [5.74, 6) is -0.788. The Bertz CT molecular complexity index is 781. The van der Waals surface area contributed by atoms with Crippen molar-refractivity contribution in [2.24, 2.45) is 11.8 Å². The van der Waals surface area contributed by atoms with Crippen molar-refractivity contribution in [2.75, 3.05) is 12.3 Å². The maximum atomic E-state index is 13.1. The molecular weight excluding hydrogens is 444 g/mol. The molecule has 9 nitrogen and oxygen atoms in total. The average molecular weight is 487 g/mol. The van der Waals surface area contributed by atoms with Gasteiger partial charge >= 0.3 is 0 Å². The first kappa shape index (κ1) is 27.8. The summed E-state index contributed by atoms with van der Waals surface area (Å²) in [5.41, 5.74) is 0.852. The van der Waals surface area contributed by atoms with Crippen molar-refractivity contribution in [3.05, 3.63) is 18.2 Å². The number of imidazole rings is 1. The van der Waals surface area contributed by atoms with E-state index in [4.69, 9.17) is 0 Å². The number of rotatable bonds is 15. The van der Waals surface area contributed by atoms with Gasteiger partial charge in [0.15, 0.2) is 0 Å². The van der Waals surface area contributed by atoms with Crippen molar-refractivity contribution in [3.63, 3.8) is 0 Å². The van der Waals surface area contributed by atoms with Crippen LogP contribution in [0.15, 0.2) is 12.5 Å². The zero-order valence-corrected chi connectivity index (χ0v) is 20.8. The third-order valence-corrected chi connectivity index (χ3v) is 8.00. The Kier molecular flexibility index (Phi) is 11.8. The number of aliphatic hydroxyl groups excluding tert-OH is 2. The molecule has 0 aromatic carbocycles. The molecule has 1 saturated carbocycles. The summed E-state index contributed by atoms with van der Waals surface area (Å²) in [4.78, 5) is 20.1. The first-order chi connectivity index (χ1) is 15.8. The minimum absolute atomic E-state index is 0.205. The monoisotopic (exact) mass is 486 g/mol. The van der Waals surface area contributed by atoms with Gasteiger partial charge < -0.3 is 20.5 Å². The van der Waals surface area contributed by atoms with E-state index in [0.29, 0.717) is 38.1 Å². The van der Waals surface area contributed by atoms with Gasteiger partial charge in [-0.2, -0.15) is 0 Å². The van der Waals surface area contributed by atoms with Gasteiger partial charge in [0, 0.05) is 30.8 Å². The summed E-state index contributed by atoms with van der Waals surface area (Å²) in [6, 6.07) is -0.711. The molecular formula is C23H42N4O5S. The lowest BCUT2D eigenvalue weighted by molar-refractivity contribution is -0.127. The van der Waals surface area contributed by atoms with Gasteiger partial charge in [0.2, 0.25) is 15.9 Å². The molecule has 4 atom stereocenters. The molecule has 5 N–H and O–H groups in total. The van der Waals surface area contributed by atoms with E-state index in [0.717, 1.165) is 37.8 Å². The van der Waals surface area contributed by atoms with Gasteiger partial charge in [-0.05, 0) is 25.2 Å². The van der Waals surface area contributed by atoms with E-state index in [1.807, 2.05) is 13.8 Å². The molecule has 1 heterocycles. The number of carbonyl (C=O) groups excluding carboxylic acids is 1. The van der Waals surface area contributed by atoms with Crippen molar-refractivity contribution in [1.82, 2.24) is 20.0 Å². The van der Waals surface area contributed by atoms with Crippen LogP contribution in [-0.4, -0.2) is 65.1 Å². The van der Waals surface area contributed by atoms with Crippen LogP contribution in [0.3, 0.4) is 0 Å². The van der Waals surface area contributed by atoms with Gasteiger partial charge in [0.25, 0.3) is 0 Å². The number of sulfonamides is 1. The maximum Gasteiger partial charge on any atom is 0.223 e. The standard InChI is InChI=1S/C23H42N4O5S/c1-3-5-11-26-33(31,32)15-21(28)22(29)20(12-17-9-7-6-8-10-17)27-23(30)18(4-2)13-19-14-24-16-25-19/h14,16-18,20-22,26,28-29H,3-13,15H2,1-2H3,(H,24,25)(H,27,30)/t18?,20-,21-,22+/m0/s1. The van der Waals surface area contributed by atoms with Crippen molar-refractivity contribution in [1.29, 1.82) is 0 Å². The van der Waals surface area contributed by atoms with E-state index >= 15 is 0 Å². The van der Waals surface area contributed by atoms with Gasteiger partial charge in [-0.1, -0.05) is 52.4 Å². The largest absolute Gasteiger partial charge is 0.389 e. The van der Waals surface area contributed by atoms with Gasteiger partial charge in [0.05, 0.1) is 24.2 Å². The molecule has 0 spiro atoms. The number of aromatic amines is 1. The highest BCUT2D eigenvalue weighted by Crippen LogP contribution is 2.28. The third kappa shape index (κ3) is 9.72. The summed E-state index contributed by atoms with van der Waals surface area (Å²) in [6.45, 7) is 4.19. The molecule has 1 fully saturated rings. The Balaban J connectivity index is 2.06. The number of carbonyl (C=O) groups is 1. The normalized spacial score (nSPS) is 19.0. The number of hydrogen-bond acceptors (Lipinski definition) is 6. The van der Waals surface area contributed by atoms with E-state index < -0.39 is 34.0 Å². The molecule has 1 aromatic heterocycles. The minimum atomic E-state index is -3.73. The Morgan fingerprint density at radius 2 is 1.97 bits per heavy atom. The summed E-state index contributed by atoms with van der Waals surface area (Å²) >= 11 is 0. The first-order valence-corrected chi connectivity index (χ1v) is 14.0. The second-order valence-corrected chi connectivity index (χ2v) is 11.2. The van der Waals surface area contributed by atoms with Crippen LogP contribution in [0.4, 0.5) is 0 Å². The summed E-state index contributed by atoms with van der Waals surface area (Å²) in [7, 11) is -3.73. The fourth-order valence-corrected chi connectivity index (χ4v) is 5.73. The van der Waals surface area contributed by atoms with Crippen molar-refractivity contribution in [2.45, 2.75) is 96.3 Å². The van der Waals surface area contributed by atoms with Crippen molar-refractivity contribution < 1.29 is 23.4 Å². The van der Waals surface area contributed by atoms with E-state index in [1.165, 1.54) is 6.42 Å². The number of H-pyrrole nitrogens is 1. The van der Waals surface area contributed by atoms with Gasteiger partial charge in [-0.25, -0.2) is 18.1 Å². The molecule has 1 unspecified atom stereocenters. The molecule has 2 rings (SSSR count). The Morgan fingerprint density at radius 3 is 2.58 bits per heavy atom. The smallest absolute Gasteiger partial charge is 0.223 e. The quantitative estimate of drug-likeness (QED) is 0.239. The van der Waals surface area contributed by atoms with Crippen molar-refractivity contribution >= 4 is 15.9 Å². The SMILES string of the molecule is CCCCNS(=O)(=O)C[C@H](O)[C@H](O)[C@H](CC1CCCCC1)NC(=O)C(CC)Cc1cnc[nH]1. The summed E-state index contributed by atoms with van der Waals surface area (Å²) in [5, 5.41) is 24.5. The number of hydrogen-bond donors (Lipinski definition) is 5. The molecule has 33 heavy (non-hydrogen) atoms. The van der Waals surface area contributed by atoms with E-state index in [9.17, 15) is 23.4 Å². The van der Waals surface area contributed by atoms with Crippen LogP contribution in [0.2, 0.25) is 0 Å². The molecule has 0 saturated heterocycles. The predicted octanol–water partition coefficient (Wildman–Crippen LogP) is 1.87. The average Bonchev–Trinajstić information content (AvgIpc) is 3.30. The minimum Gasteiger partial charge on any atom is -0.389 e.